The Balaban J connectivity index is 2.56. The molecule has 3 nitrogen and oxygen atoms in total. The van der Waals surface area contributed by atoms with Crippen LogP contribution in [-0.4, -0.2) is 25.2 Å². The molecule has 1 rings (SSSR count). The highest BCUT2D eigenvalue weighted by molar-refractivity contribution is 5.94. The summed E-state index contributed by atoms with van der Waals surface area (Å²) in [7, 11) is 0. The number of hydrogen-bond donors (Lipinski definition) is 1. The van der Waals surface area contributed by atoms with Gasteiger partial charge in [0.25, 0.3) is 5.91 Å². The highest BCUT2D eigenvalue weighted by atomic mass is 19.1. The van der Waals surface area contributed by atoms with Gasteiger partial charge in [-0.05, 0) is 26.0 Å². The van der Waals surface area contributed by atoms with Crippen LogP contribution >= 0.6 is 0 Å². The number of halogens is 1. The van der Waals surface area contributed by atoms with Crippen LogP contribution < -0.4 is 5.32 Å². The van der Waals surface area contributed by atoms with Gasteiger partial charge >= 0.3 is 0 Å². The lowest BCUT2D eigenvalue weighted by atomic mass is 10.2. The van der Waals surface area contributed by atoms with E-state index in [0.717, 1.165) is 0 Å². The van der Waals surface area contributed by atoms with Crippen molar-refractivity contribution in [2.45, 2.75) is 19.9 Å². The molecule has 0 spiro atoms. The fourth-order valence-corrected chi connectivity index (χ4v) is 1.28. The highest BCUT2D eigenvalue weighted by Gasteiger charge is 2.12. The molecule has 4 heteroatoms. The summed E-state index contributed by atoms with van der Waals surface area (Å²) in [6, 6.07) is 5.77. The van der Waals surface area contributed by atoms with Crippen molar-refractivity contribution in [3.8, 4) is 0 Å². The minimum atomic E-state index is -0.511. The third-order valence-electron chi connectivity index (χ3n) is 2.07. The van der Waals surface area contributed by atoms with Gasteiger partial charge in [0.2, 0.25) is 0 Å². The fraction of sp³-hybridized carbons (Fsp3) is 0.417. The Labute approximate surface area is 94.6 Å². The SMILES string of the molecule is CCOCC(C)NC(=O)c1ccccc1F. The Hall–Kier alpha value is -1.42. The zero-order chi connectivity index (χ0) is 12.0. The molecule has 0 aliphatic carbocycles. The normalized spacial score (nSPS) is 12.2. The first kappa shape index (κ1) is 12.6. The van der Waals surface area contributed by atoms with Crippen LogP contribution in [0.2, 0.25) is 0 Å². The molecule has 88 valence electrons. The standard InChI is InChI=1S/C12H16FNO2/c1-3-16-8-9(2)14-12(15)10-6-4-5-7-11(10)13/h4-7,9H,3,8H2,1-2H3,(H,14,15). The Bertz CT molecular complexity index is 355. The fourth-order valence-electron chi connectivity index (χ4n) is 1.28. The van der Waals surface area contributed by atoms with Gasteiger partial charge in [0.1, 0.15) is 5.82 Å². The first-order valence-electron chi connectivity index (χ1n) is 5.28. The number of nitrogens with one attached hydrogen (secondary N) is 1. The Morgan fingerprint density at radius 2 is 2.19 bits per heavy atom. The Morgan fingerprint density at radius 1 is 1.50 bits per heavy atom. The highest BCUT2D eigenvalue weighted by Crippen LogP contribution is 2.06. The number of hydrogen-bond acceptors (Lipinski definition) is 2. The van der Waals surface area contributed by atoms with Crippen molar-refractivity contribution >= 4 is 5.91 Å². The predicted octanol–water partition coefficient (Wildman–Crippen LogP) is 1.98. The Morgan fingerprint density at radius 3 is 2.81 bits per heavy atom. The number of amides is 1. The van der Waals surface area contributed by atoms with E-state index >= 15 is 0 Å². The van der Waals surface area contributed by atoms with E-state index in [9.17, 15) is 9.18 Å². The molecule has 0 aliphatic heterocycles. The van der Waals surface area contributed by atoms with Crippen LogP contribution in [0.5, 0.6) is 0 Å². The molecule has 1 N–H and O–H groups in total. The van der Waals surface area contributed by atoms with Crippen molar-refractivity contribution in [2.75, 3.05) is 13.2 Å². The minimum absolute atomic E-state index is 0.0610. The molecule has 0 saturated heterocycles. The van der Waals surface area contributed by atoms with Gasteiger partial charge in [-0.15, -0.1) is 0 Å². The van der Waals surface area contributed by atoms with E-state index in [1.54, 1.807) is 12.1 Å². The molecule has 1 aromatic carbocycles. The summed E-state index contributed by atoms with van der Waals surface area (Å²) in [5, 5.41) is 2.67. The topological polar surface area (TPSA) is 38.3 Å². The minimum Gasteiger partial charge on any atom is -0.380 e. The molecular weight excluding hydrogens is 209 g/mol. The van der Waals surface area contributed by atoms with Crippen molar-refractivity contribution in [2.24, 2.45) is 0 Å². The Kier molecular flexibility index (Phi) is 4.92. The molecule has 0 saturated carbocycles. The maximum absolute atomic E-state index is 13.3. The lowest BCUT2D eigenvalue weighted by molar-refractivity contribution is 0.0868. The van der Waals surface area contributed by atoms with Gasteiger partial charge in [0, 0.05) is 12.6 Å². The molecule has 0 heterocycles. The maximum atomic E-state index is 13.3. The summed E-state index contributed by atoms with van der Waals surface area (Å²) in [5.74, 6) is -0.922. The average Bonchev–Trinajstić information content (AvgIpc) is 2.26. The van der Waals surface area contributed by atoms with E-state index in [-0.39, 0.29) is 11.6 Å². The second kappa shape index (κ2) is 6.23. The van der Waals surface area contributed by atoms with Gasteiger partial charge in [-0.3, -0.25) is 4.79 Å². The monoisotopic (exact) mass is 225 g/mol. The maximum Gasteiger partial charge on any atom is 0.254 e. The van der Waals surface area contributed by atoms with Gasteiger partial charge in [0.05, 0.1) is 12.2 Å². The summed E-state index contributed by atoms with van der Waals surface area (Å²) in [5.41, 5.74) is 0.0610. The third-order valence-corrected chi connectivity index (χ3v) is 2.07. The zero-order valence-electron chi connectivity index (χ0n) is 9.50. The van der Waals surface area contributed by atoms with Gasteiger partial charge in [-0.2, -0.15) is 0 Å². The third kappa shape index (κ3) is 3.62. The molecule has 0 aromatic heterocycles. The van der Waals surface area contributed by atoms with Crippen molar-refractivity contribution in [3.05, 3.63) is 35.6 Å². The summed E-state index contributed by atoms with van der Waals surface area (Å²) >= 11 is 0. The molecule has 1 amide bonds. The lowest BCUT2D eigenvalue weighted by Crippen LogP contribution is -2.36. The van der Waals surface area contributed by atoms with Crippen LogP contribution in [0.4, 0.5) is 4.39 Å². The van der Waals surface area contributed by atoms with Crippen LogP contribution in [0.3, 0.4) is 0 Å². The van der Waals surface area contributed by atoms with E-state index in [4.69, 9.17) is 4.74 Å². The van der Waals surface area contributed by atoms with Crippen LogP contribution in [0, 0.1) is 5.82 Å². The van der Waals surface area contributed by atoms with Gasteiger partial charge in [-0.1, -0.05) is 12.1 Å². The molecule has 0 radical (unpaired) electrons. The first-order valence-corrected chi connectivity index (χ1v) is 5.28. The van der Waals surface area contributed by atoms with Crippen molar-refractivity contribution in [1.82, 2.24) is 5.32 Å². The summed E-state index contributed by atoms with van der Waals surface area (Å²) in [6.07, 6.45) is 0. The van der Waals surface area contributed by atoms with E-state index in [1.807, 2.05) is 13.8 Å². The van der Waals surface area contributed by atoms with Crippen molar-refractivity contribution in [3.63, 3.8) is 0 Å². The van der Waals surface area contributed by atoms with Crippen LogP contribution in [-0.2, 0) is 4.74 Å². The lowest BCUT2D eigenvalue weighted by Gasteiger charge is -2.13. The molecule has 0 aliphatic rings. The van der Waals surface area contributed by atoms with Gasteiger partial charge < -0.3 is 10.1 Å². The molecule has 16 heavy (non-hydrogen) atoms. The van der Waals surface area contributed by atoms with Gasteiger partial charge in [0.15, 0.2) is 0 Å². The van der Waals surface area contributed by atoms with Crippen LogP contribution in [0.1, 0.15) is 24.2 Å². The van der Waals surface area contributed by atoms with E-state index in [1.165, 1.54) is 12.1 Å². The first-order chi connectivity index (χ1) is 7.65. The molecule has 1 unspecified atom stereocenters. The summed E-state index contributed by atoms with van der Waals surface area (Å²) < 4.78 is 18.4. The van der Waals surface area contributed by atoms with Crippen molar-refractivity contribution < 1.29 is 13.9 Å². The average molecular weight is 225 g/mol. The largest absolute Gasteiger partial charge is 0.380 e. The summed E-state index contributed by atoms with van der Waals surface area (Å²) in [6.45, 7) is 4.72. The number of ether oxygens (including phenoxy) is 1. The number of rotatable bonds is 5. The zero-order valence-corrected chi connectivity index (χ0v) is 9.50. The molecular formula is C12H16FNO2. The molecule has 0 fully saturated rings. The van der Waals surface area contributed by atoms with E-state index in [2.05, 4.69) is 5.32 Å². The number of carbonyl (C=O) groups is 1. The van der Waals surface area contributed by atoms with Crippen LogP contribution in [0.25, 0.3) is 0 Å². The number of carbonyl (C=O) groups excluding carboxylic acids is 1. The molecule has 1 aromatic rings. The predicted molar refractivity (Wildman–Crippen MR) is 59.8 cm³/mol. The van der Waals surface area contributed by atoms with Crippen molar-refractivity contribution in [1.29, 1.82) is 0 Å². The second-order valence-corrected chi connectivity index (χ2v) is 3.51. The molecule has 0 bridgehead atoms. The van der Waals surface area contributed by atoms with Crippen LogP contribution in [0.15, 0.2) is 24.3 Å². The van der Waals surface area contributed by atoms with E-state index < -0.39 is 11.7 Å². The molecule has 1 atom stereocenters. The van der Waals surface area contributed by atoms with E-state index in [0.29, 0.717) is 13.2 Å². The quantitative estimate of drug-likeness (QED) is 0.832. The number of benzene rings is 1. The smallest absolute Gasteiger partial charge is 0.254 e. The van der Waals surface area contributed by atoms with Gasteiger partial charge in [-0.25, -0.2) is 4.39 Å². The summed E-state index contributed by atoms with van der Waals surface area (Å²) in [4.78, 5) is 11.6. The second-order valence-electron chi connectivity index (χ2n) is 3.51.